The van der Waals surface area contributed by atoms with Gasteiger partial charge in [-0.25, -0.2) is 9.78 Å². The highest BCUT2D eigenvalue weighted by Crippen LogP contribution is 2.23. The first-order valence-electron chi connectivity index (χ1n) is 6.64. The Labute approximate surface area is 117 Å². The summed E-state index contributed by atoms with van der Waals surface area (Å²) in [5.41, 5.74) is 3.26. The first kappa shape index (κ1) is 12.7. The number of carbonyl (C=O) groups is 1. The molecule has 0 saturated carbocycles. The van der Waals surface area contributed by atoms with E-state index in [4.69, 9.17) is 0 Å². The molecule has 0 bridgehead atoms. The Morgan fingerprint density at radius 1 is 1.20 bits per heavy atom. The number of carbonyl (C=O) groups excluding carboxylic acids is 1. The summed E-state index contributed by atoms with van der Waals surface area (Å²) in [5, 5.41) is 3.41. The van der Waals surface area contributed by atoms with Gasteiger partial charge in [0.1, 0.15) is 5.82 Å². The molecule has 0 unspecified atom stereocenters. The average molecular weight is 268 g/mol. The van der Waals surface area contributed by atoms with Gasteiger partial charge < -0.3 is 10.1 Å². The third-order valence-corrected chi connectivity index (χ3v) is 3.59. The number of fused-ring (bicyclic) bond motifs is 1. The van der Waals surface area contributed by atoms with Gasteiger partial charge in [-0.15, -0.1) is 0 Å². The smallest absolute Gasteiger partial charge is 0.339 e. The standard InChI is InChI=1S/C16H16N2O2/c1-20-16(19)13-6-7-15(17-10-13)18-14-8-11-4-2-3-5-12(11)9-14/h2-7,10,14H,8-9H2,1H3,(H,17,18). The molecule has 0 radical (unpaired) electrons. The molecular weight excluding hydrogens is 252 g/mol. The summed E-state index contributed by atoms with van der Waals surface area (Å²) in [7, 11) is 1.37. The fraction of sp³-hybridized carbons (Fsp3) is 0.250. The minimum Gasteiger partial charge on any atom is -0.465 e. The van der Waals surface area contributed by atoms with E-state index in [1.54, 1.807) is 6.07 Å². The maximum atomic E-state index is 11.3. The van der Waals surface area contributed by atoms with Crippen LogP contribution in [0.2, 0.25) is 0 Å². The van der Waals surface area contributed by atoms with Crippen LogP contribution in [0.3, 0.4) is 0 Å². The number of hydrogen-bond donors (Lipinski definition) is 1. The highest BCUT2D eigenvalue weighted by molar-refractivity contribution is 5.89. The fourth-order valence-corrected chi connectivity index (χ4v) is 2.59. The SMILES string of the molecule is COC(=O)c1ccc(NC2Cc3ccccc3C2)nc1. The highest BCUT2D eigenvalue weighted by atomic mass is 16.5. The molecule has 1 aromatic carbocycles. The molecule has 1 heterocycles. The second kappa shape index (κ2) is 5.33. The van der Waals surface area contributed by atoms with Crippen LogP contribution in [-0.4, -0.2) is 24.1 Å². The predicted octanol–water partition coefficient (Wildman–Crippen LogP) is 2.45. The Hall–Kier alpha value is -2.36. The van der Waals surface area contributed by atoms with Gasteiger partial charge in [-0.1, -0.05) is 24.3 Å². The second-order valence-corrected chi connectivity index (χ2v) is 4.94. The van der Waals surface area contributed by atoms with Crippen molar-refractivity contribution in [3.63, 3.8) is 0 Å². The Morgan fingerprint density at radius 2 is 1.90 bits per heavy atom. The van der Waals surface area contributed by atoms with Crippen LogP contribution >= 0.6 is 0 Å². The van der Waals surface area contributed by atoms with Gasteiger partial charge >= 0.3 is 5.97 Å². The van der Waals surface area contributed by atoms with Gasteiger partial charge in [-0.05, 0) is 36.1 Å². The zero-order valence-corrected chi connectivity index (χ0v) is 11.3. The van der Waals surface area contributed by atoms with Crippen LogP contribution in [-0.2, 0) is 17.6 Å². The Morgan fingerprint density at radius 3 is 2.45 bits per heavy atom. The summed E-state index contributed by atoms with van der Waals surface area (Å²) in [4.78, 5) is 15.6. The van der Waals surface area contributed by atoms with E-state index >= 15 is 0 Å². The van der Waals surface area contributed by atoms with Gasteiger partial charge in [0.25, 0.3) is 0 Å². The molecule has 20 heavy (non-hydrogen) atoms. The van der Waals surface area contributed by atoms with Gasteiger partial charge in [0.05, 0.1) is 12.7 Å². The minimum absolute atomic E-state index is 0.364. The maximum absolute atomic E-state index is 11.3. The number of methoxy groups -OCH3 is 1. The van der Waals surface area contributed by atoms with Crippen molar-refractivity contribution >= 4 is 11.8 Å². The molecule has 3 rings (SSSR count). The number of rotatable bonds is 3. The first-order valence-corrected chi connectivity index (χ1v) is 6.64. The maximum Gasteiger partial charge on any atom is 0.339 e. The summed E-state index contributed by atoms with van der Waals surface area (Å²) in [6.07, 6.45) is 3.56. The average Bonchev–Trinajstić information content (AvgIpc) is 2.89. The van der Waals surface area contributed by atoms with Crippen molar-refractivity contribution in [2.75, 3.05) is 12.4 Å². The molecule has 0 fully saturated rings. The van der Waals surface area contributed by atoms with Crippen molar-refractivity contribution in [3.05, 3.63) is 59.3 Å². The van der Waals surface area contributed by atoms with Crippen molar-refractivity contribution < 1.29 is 9.53 Å². The van der Waals surface area contributed by atoms with Gasteiger partial charge in [0.2, 0.25) is 0 Å². The highest BCUT2D eigenvalue weighted by Gasteiger charge is 2.20. The lowest BCUT2D eigenvalue weighted by atomic mass is 10.1. The van der Waals surface area contributed by atoms with E-state index in [0.29, 0.717) is 11.6 Å². The van der Waals surface area contributed by atoms with E-state index in [-0.39, 0.29) is 5.97 Å². The van der Waals surface area contributed by atoms with Gasteiger partial charge in [0.15, 0.2) is 0 Å². The number of esters is 1. The summed E-state index contributed by atoms with van der Waals surface area (Å²) >= 11 is 0. The van der Waals surface area contributed by atoms with E-state index in [0.717, 1.165) is 18.7 Å². The lowest BCUT2D eigenvalue weighted by molar-refractivity contribution is 0.0600. The monoisotopic (exact) mass is 268 g/mol. The van der Waals surface area contributed by atoms with Crippen molar-refractivity contribution in [1.29, 1.82) is 0 Å². The second-order valence-electron chi connectivity index (χ2n) is 4.94. The molecule has 1 N–H and O–H groups in total. The quantitative estimate of drug-likeness (QED) is 0.869. The third-order valence-electron chi connectivity index (χ3n) is 3.59. The first-order chi connectivity index (χ1) is 9.76. The van der Waals surface area contributed by atoms with E-state index in [9.17, 15) is 4.79 Å². The van der Waals surface area contributed by atoms with E-state index in [1.807, 2.05) is 6.07 Å². The van der Waals surface area contributed by atoms with Crippen molar-refractivity contribution in [1.82, 2.24) is 4.98 Å². The zero-order chi connectivity index (χ0) is 13.9. The molecule has 1 aliphatic carbocycles. The molecule has 1 aromatic heterocycles. The van der Waals surface area contributed by atoms with Crippen LogP contribution in [0.1, 0.15) is 21.5 Å². The number of ether oxygens (including phenoxy) is 1. The Bertz CT molecular complexity index is 598. The van der Waals surface area contributed by atoms with Gasteiger partial charge in [0, 0.05) is 12.2 Å². The third kappa shape index (κ3) is 2.50. The van der Waals surface area contributed by atoms with Crippen molar-refractivity contribution in [3.8, 4) is 0 Å². The van der Waals surface area contributed by atoms with Crippen LogP contribution in [0.5, 0.6) is 0 Å². The topological polar surface area (TPSA) is 51.2 Å². The van der Waals surface area contributed by atoms with Crippen LogP contribution < -0.4 is 5.32 Å². The lowest BCUT2D eigenvalue weighted by Gasteiger charge is -2.12. The largest absolute Gasteiger partial charge is 0.465 e. The van der Waals surface area contributed by atoms with E-state index < -0.39 is 0 Å². The number of anilines is 1. The Kier molecular flexibility index (Phi) is 3.37. The molecule has 0 amide bonds. The number of nitrogens with zero attached hydrogens (tertiary/aromatic N) is 1. The molecule has 0 spiro atoms. The molecular formula is C16H16N2O2. The summed E-state index contributed by atoms with van der Waals surface area (Å²) < 4.78 is 4.65. The zero-order valence-electron chi connectivity index (χ0n) is 11.3. The van der Waals surface area contributed by atoms with Gasteiger partial charge in [-0.2, -0.15) is 0 Å². The fourth-order valence-electron chi connectivity index (χ4n) is 2.59. The summed E-state index contributed by atoms with van der Waals surface area (Å²) in [6, 6.07) is 12.4. The van der Waals surface area contributed by atoms with Crippen LogP contribution in [0, 0.1) is 0 Å². The summed E-state index contributed by atoms with van der Waals surface area (Å²) in [5.74, 6) is 0.424. The molecule has 4 nitrogen and oxygen atoms in total. The molecule has 0 atom stereocenters. The molecule has 0 aliphatic heterocycles. The minimum atomic E-state index is -0.364. The molecule has 4 heteroatoms. The molecule has 2 aromatic rings. The summed E-state index contributed by atoms with van der Waals surface area (Å²) in [6.45, 7) is 0. The predicted molar refractivity (Wildman–Crippen MR) is 76.8 cm³/mol. The van der Waals surface area contributed by atoms with E-state index in [2.05, 4.69) is 39.3 Å². The van der Waals surface area contributed by atoms with Crippen molar-refractivity contribution in [2.45, 2.75) is 18.9 Å². The lowest BCUT2D eigenvalue weighted by Crippen LogP contribution is -2.20. The van der Waals surface area contributed by atoms with Crippen LogP contribution in [0.15, 0.2) is 42.6 Å². The number of pyridine rings is 1. The normalized spacial score (nSPS) is 13.8. The molecule has 0 saturated heterocycles. The number of aromatic nitrogens is 1. The van der Waals surface area contributed by atoms with Crippen LogP contribution in [0.4, 0.5) is 5.82 Å². The van der Waals surface area contributed by atoms with Crippen molar-refractivity contribution in [2.24, 2.45) is 0 Å². The molecule has 102 valence electrons. The van der Waals surface area contributed by atoms with Gasteiger partial charge in [-0.3, -0.25) is 0 Å². The van der Waals surface area contributed by atoms with Crippen LogP contribution in [0.25, 0.3) is 0 Å². The Balaban J connectivity index is 1.66. The number of benzene rings is 1. The molecule has 1 aliphatic rings. The van der Waals surface area contributed by atoms with E-state index in [1.165, 1.54) is 24.4 Å². The number of hydrogen-bond acceptors (Lipinski definition) is 4. The number of nitrogens with one attached hydrogen (secondary N) is 1.